The smallest absolute Gasteiger partial charge is 0.231 e. The fourth-order valence-corrected chi connectivity index (χ4v) is 6.67. The van der Waals surface area contributed by atoms with Crippen molar-refractivity contribution in [3.8, 4) is 17.6 Å². The van der Waals surface area contributed by atoms with Gasteiger partial charge in [0.15, 0.2) is 11.5 Å². The van der Waals surface area contributed by atoms with Gasteiger partial charge in [-0.3, -0.25) is 9.69 Å². The molecule has 3 fully saturated rings. The molecule has 0 spiro atoms. The summed E-state index contributed by atoms with van der Waals surface area (Å²) >= 11 is 0. The quantitative estimate of drug-likeness (QED) is 0.738. The van der Waals surface area contributed by atoms with Crippen LogP contribution in [-0.2, 0) is 11.3 Å². The molecule has 0 N–H and O–H groups in total. The summed E-state index contributed by atoms with van der Waals surface area (Å²) in [6.07, 6.45) is 3.31. The molecule has 0 radical (unpaired) electrons. The summed E-state index contributed by atoms with van der Waals surface area (Å²) in [5, 5.41) is 9.20. The largest absolute Gasteiger partial charge is 0.454 e. The number of hydrogen-bond acceptors (Lipinski definition) is 5. The van der Waals surface area contributed by atoms with E-state index in [0.717, 1.165) is 42.0 Å². The Hall–Kier alpha value is -3.04. The van der Waals surface area contributed by atoms with Crippen LogP contribution in [0.4, 0.5) is 0 Å². The second-order valence-electron chi connectivity index (χ2n) is 9.36. The van der Waals surface area contributed by atoms with Gasteiger partial charge >= 0.3 is 0 Å². The molecule has 0 bridgehead atoms. The lowest BCUT2D eigenvalue weighted by molar-refractivity contribution is -0.134. The summed E-state index contributed by atoms with van der Waals surface area (Å²) in [7, 11) is 0. The van der Waals surface area contributed by atoms with E-state index in [4.69, 9.17) is 9.47 Å². The predicted molar refractivity (Wildman–Crippen MR) is 118 cm³/mol. The molecule has 2 aromatic carbocycles. The van der Waals surface area contributed by atoms with Crippen molar-refractivity contribution in [2.45, 2.75) is 50.9 Å². The third kappa shape index (κ3) is 2.84. The zero-order valence-corrected chi connectivity index (χ0v) is 18.2. The van der Waals surface area contributed by atoms with Crippen LogP contribution in [0, 0.1) is 23.2 Å². The average Bonchev–Trinajstić information content (AvgIpc) is 3.58. The van der Waals surface area contributed by atoms with Crippen LogP contribution in [0.1, 0.15) is 48.9 Å². The standard InChI is InChI=1S/C26H27N3O3/c1-2-19-23-20-4-3-11-28(20)25(18-8-5-16(13-27)6-9-18)24(23)26(30)29(19)14-17-7-10-21-22(12-17)32-15-31-21/h5-10,12,19-20,23-25H,2-4,11,14-15H2,1H3. The van der Waals surface area contributed by atoms with E-state index in [1.807, 2.05) is 30.3 Å². The van der Waals surface area contributed by atoms with E-state index in [1.165, 1.54) is 6.42 Å². The van der Waals surface area contributed by atoms with Crippen molar-refractivity contribution in [1.29, 1.82) is 5.26 Å². The van der Waals surface area contributed by atoms with E-state index >= 15 is 0 Å². The van der Waals surface area contributed by atoms with Gasteiger partial charge in [-0.15, -0.1) is 0 Å². The Balaban J connectivity index is 1.34. The van der Waals surface area contributed by atoms with Gasteiger partial charge in [0.1, 0.15) is 0 Å². The number of benzene rings is 2. The van der Waals surface area contributed by atoms with Crippen molar-refractivity contribution >= 4 is 5.91 Å². The van der Waals surface area contributed by atoms with Gasteiger partial charge in [0.05, 0.1) is 17.6 Å². The molecule has 2 aromatic rings. The minimum absolute atomic E-state index is 0.0211. The molecule has 32 heavy (non-hydrogen) atoms. The summed E-state index contributed by atoms with van der Waals surface area (Å²) in [5.41, 5.74) is 2.91. The monoisotopic (exact) mass is 429 g/mol. The van der Waals surface area contributed by atoms with Crippen molar-refractivity contribution in [2.75, 3.05) is 13.3 Å². The zero-order valence-electron chi connectivity index (χ0n) is 18.2. The highest BCUT2D eigenvalue weighted by molar-refractivity contribution is 5.84. The van der Waals surface area contributed by atoms with Gasteiger partial charge in [0.2, 0.25) is 12.7 Å². The molecular weight excluding hydrogens is 402 g/mol. The lowest BCUT2D eigenvalue weighted by atomic mass is 9.81. The third-order valence-electron chi connectivity index (χ3n) is 7.90. The van der Waals surface area contributed by atoms with Crippen LogP contribution in [0.2, 0.25) is 0 Å². The first-order chi connectivity index (χ1) is 15.7. The summed E-state index contributed by atoms with van der Waals surface area (Å²) in [6, 6.07) is 16.9. The lowest BCUT2D eigenvalue weighted by Crippen LogP contribution is -2.41. The highest BCUT2D eigenvalue weighted by atomic mass is 16.7. The van der Waals surface area contributed by atoms with Crippen molar-refractivity contribution in [3.05, 3.63) is 59.2 Å². The Morgan fingerprint density at radius 1 is 1.12 bits per heavy atom. The molecule has 1 amide bonds. The van der Waals surface area contributed by atoms with Crippen LogP contribution in [-0.4, -0.2) is 41.1 Å². The van der Waals surface area contributed by atoms with Crippen molar-refractivity contribution in [3.63, 3.8) is 0 Å². The molecule has 4 aliphatic rings. The molecule has 6 nitrogen and oxygen atoms in total. The highest BCUT2D eigenvalue weighted by Gasteiger charge is 2.61. The Labute approximate surface area is 188 Å². The number of rotatable bonds is 4. The van der Waals surface area contributed by atoms with Crippen molar-refractivity contribution < 1.29 is 14.3 Å². The molecule has 5 atom stereocenters. The molecule has 6 rings (SSSR count). The lowest BCUT2D eigenvalue weighted by Gasteiger charge is -2.33. The number of likely N-dealkylation sites (tertiary alicyclic amines) is 1. The normalized spacial score (nSPS) is 30.4. The SMILES string of the molecule is CCC1C2C(C(=O)N1Cc1ccc3c(c1)OCO3)C(c1ccc(C#N)cc1)N1CCCC21. The van der Waals surface area contributed by atoms with E-state index in [2.05, 4.69) is 34.9 Å². The van der Waals surface area contributed by atoms with E-state index in [1.54, 1.807) is 0 Å². The number of ether oxygens (including phenoxy) is 2. The Morgan fingerprint density at radius 2 is 1.94 bits per heavy atom. The molecule has 0 aliphatic carbocycles. The Bertz CT molecular complexity index is 1090. The molecule has 5 unspecified atom stereocenters. The fourth-order valence-electron chi connectivity index (χ4n) is 6.67. The molecular formula is C26H27N3O3. The molecule has 3 saturated heterocycles. The maximum absolute atomic E-state index is 13.9. The average molecular weight is 430 g/mol. The summed E-state index contributed by atoms with van der Waals surface area (Å²) < 4.78 is 11.0. The minimum atomic E-state index is -0.0211. The van der Waals surface area contributed by atoms with Crippen LogP contribution in [0.15, 0.2) is 42.5 Å². The topological polar surface area (TPSA) is 65.8 Å². The zero-order chi connectivity index (χ0) is 21.8. The van der Waals surface area contributed by atoms with Crippen molar-refractivity contribution in [1.82, 2.24) is 9.80 Å². The third-order valence-corrected chi connectivity index (χ3v) is 7.90. The van der Waals surface area contributed by atoms with Gasteiger partial charge in [-0.05, 0) is 61.2 Å². The molecule has 4 heterocycles. The second kappa shape index (κ2) is 7.53. The summed E-state index contributed by atoms with van der Waals surface area (Å²) in [6.45, 7) is 4.12. The number of carbonyl (C=O) groups excluding carboxylic acids is 1. The van der Waals surface area contributed by atoms with Crippen molar-refractivity contribution in [2.24, 2.45) is 11.8 Å². The van der Waals surface area contributed by atoms with Crippen LogP contribution in [0.25, 0.3) is 0 Å². The molecule has 164 valence electrons. The predicted octanol–water partition coefficient (Wildman–Crippen LogP) is 3.86. The van der Waals surface area contributed by atoms with E-state index in [9.17, 15) is 10.1 Å². The number of nitriles is 1. The van der Waals surface area contributed by atoms with E-state index < -0.39 is 0 Å². The summed E-state index contributed by atoms with van der Waals surface area (Å²) in [5.74, 6) is 2.13. The Morgan fingerprint density at radius 3 is 2.72 bits per heavy atom. The maximum Gasteiger partial charge on any atom is 0.231 e. The first kappa shape index (κ1) is 19.6. The number of fused-ring (bicyclic) bond motifs is 4. The van der Waals surface area contributed by atoms with Gasteiger partial charge in [0, 0.05) is 30.6 Å². The first-order valence-electron chi connectivity index (χ1n) is 11.6. The first-order valence-corrected chi connectivity index (χ1v) is 11.6. The number of amides is 1. The number of hydrogen-bond donors (Lipinski definition) is 0. The highest BCUT2D eigenvalue weighted by Crippen LogP contribution is 2.55. The number of nitrogens with zero attached hydrogens (tertiary/aromatic N) is 3. The van der Waals surface area contributed by atoms with E-state index in [-0.39, 0.29) is 30.7 Å². The van der Waals surface area contributed by atoms with Gasteiger partial charge in [-0.2, -0.15) is 5.26 Å². The van der Waals surface area contributed by atoms with Gasteiger partial charge < -0.3 is 14.4 Å². The van der Waals surface area contributed by atoms with E-state index in [0.29, 0.717) is 24.1 Å². The Kier molecular flexibility index (Phi) is 4.62. The summed E-state index contributed by atoms with van der Waals surface area (Å²) in [4.78, 5) is 18.6. The maximum atomic E-state index is 13.9. The van der Waals surface area contributed by atoms with Gasteiger partial charge in [-0.1, -0.05) is 25.1 Å². The molecule has 0 saturated carbocycles. The molecule has 0 aromatic heterocycles. The van der Waals surface area contributed by atoms with Crippen LogP contribution in [0.5, 0.6) is 11.5 Å². The molecule has 4 aliphatic heterocycles. The van der Waals surface area contributed by atoms with Gasteiger partial charge in [0.25, 0.3) is 0 Å². The number of carbonyl (C=O) groups is 1. The fraction of sp³-hybridized carbons (Fsp3) is 0.462. The van der Waals surface area contributed by atoms with Gasteiger partial charge in [-0.25, -0.2) is 0 Å². The minimum Gasteiger partial charge on any atom is -0.454 e. The van der Waals surface area contributed by atoms with Crippen LogP contribution >= 0.6 is 0 Å². The molecule has 6 heteroatoms. The van der Waals surface area contributed by atoms with Crippen LogP contribution < -0.4 is 9.47 Å². The van der Waals surface area contributed by atoms with Crippen LogP contribution in [0.3, 0.4) is 0 Å². The second-order valence-corrected chi connectivity index (χ2v) is 9.36.